The molecule has 1 heterocycles. The van der Waals surface area contributed by atoms with Gasteiger partial charge in [0, 0.05) is 19.4 Å². The number of carboxylic acid groups (broad SMARTS) is 1. The molecule has 3 atom stereocenters. The number of aliphatic carboxylic acids is 1. The van der Waals surface area contributed by atoms with E-state index in [0.717, 1.165) is 26.4 Å². The Balaban J connectivity index is 2.21. The first-order chi connectivity index (χ1) is 8.65. The Hall–Kier alpha value is -0.805. The van der Waals surface area contributed by atoms with E-state index in [1.807, 2.05) is 0 Å². The lowest BCUT2D eigenvalue weighted by Crippen LogP contribution is -2.21. The minimum absolute atomic E-state index is 0.227. The van der Waals surface area contributed by atoms with Gasteiger partial charge in [-0.25, -0.2) is 0 Å². The molecule has 0 saturated carbocycles. The van der Waals surface area contributed by atoms with Crippen LogP contribution in [0.25, 0.3) is 0 Å². The second-order valence-corrected chi connectivity index (χ2v) is 5.02. The van der Waals surface area contributed by atoms with E-state index in [0.29, 0.717) is 18.8 Å². The third-order valence-electron chi connectivity index (χ3n) is 3.66. The maximum atomic E-state index is 10.3. The van der Waals surface area contributed by atoms with Crippen molar-refractivity contribution < 1.29 is 19.7 Å². The zero-order chi connectivity index (χ0) is 13.4. The zero-order valence-corrected chi connectivity index (χ0v) is 11.0. The van der Waals surface area contributed by atoms with E-state index in [1.54, 1.807) is 7.11 Å². The molecule has 0 bridgehead atoms. The first-order valence-corrected chi connectivity index (χ1v) is 6.69. The van der Waals surface area contributed by atoms with E-state index < -0.39 is 5.97 Å². The zero-order valence-electron chi connectivity index (χ0n) is 11.0. The quantitative estimate of drug-likeness (QED) is 0.391. The molecule has 1 rings (SSSR count). The number of hydrogen-bond acceptors (Lipinski definition) is 3. The number of hydrogen-bond donors (Lipinski definition) is 2. The van der Waals surface area contributed by atoms with Crippen molar-refractivity contribution >= 4 is 13.2 Å². The highest BCUT2D eigenvalue weighted by Crippen LogP contribution is 2.34. The number of unbranched alkanes of at least 4 members (excludes halogenated alkanes) is 1. The van der Waals surface area contributed by atoms with Crippen molar-refractivity contribution in [2.24, 2.45) is 5.92 Å². The molecule has 5 heteroatoms. The third kappa shape index (κ3) is 5.23. The number of allylic oxidation sites excluding steroid dienone is 2. The summed E-state index contributed by atoms with van der Waals surface area (Å²) in [5.74, 6) is 0.0109. The minimum Gasteiger partial charge on any atom is -0.481 e. The van der Waals surface area contributed by atoms with Crippen LogP contribution in [0.2, 0.25) is 12.1 Å². The molecule has 1 aliphatic heterocycles. The van der Waals surface area contributed by atoms with Crippen LogP contribution >= 0.6 is 0 Å². The lowest BCUT2D eigenvalue weighted by atomic mass is 9.64. The molecule has 1 aliphatic rings. The fourth-order valence-corrected chi connectivity index (χ4v) is 2.62. The van der Waals surface area contributed by atoms with E-state index in [1.165, 1.54) is 0 Å². The lowest BCUT2D eigenvalue weighted by Gasteiger charge is -2.20. The van der Waals surface area contributed by atoms with Crippen LogP contribution in [0.1, 0.15) is 25.7 Å². The molecule has 0 spiro atoms. The van der Waals surface area contributed by atoms with Crippen LogP contribution in [0.5, 0.6) is 0 Å². The van der Waals surface area contributed by atoms with Crippen molar-refractivity contribution in [1.29, 1.82) is 0 Å². The average Bonchev–Trinajstić information content (AvgIpc) is 2.66. The van der Waals surface area contributed by atoms with Gasteiger partial charge in [0.1, 0.15) is 7.28 Å². The predicted octanol–water partition coefficient (Wildman–Crippen LogP) is 1.47. The van der Waals surface area contributed by atoms with Crippen molar-refractivity contribution in [2.45, 2.75) is 43.9 Å². The van der Waals surface area contributed by atoms with Gasteiger partial charge in [-0.3, -0.25) is 4.79 Å². The molecular weight excluding hydrogens is 231 g/mol. The van der Waals surface area contributed by atoms with Gasteiger partial charge in [0.05, 0.1) is 12.7 Å². The van der Waals surface area contributed by atoms with Gasteiger partial charge in [0.25, 0.3) is 0 Å². The molecule has 4 nitrogen and oxygen atoms in total. The molecular formula is C13H23BO4. The summed E-state index contributed by atoms with van der Waals surface area (Å²) in [6.45, 7) is 0.624. The number of carboxylic acids is 1. The van der Waals surface area contributed by atoms with Crippen LogP contribution in [-0.2, 0) is 9.53 Å². The number of ether oxygens (including phenoxy) is 1. The Morgan fingerprint density at radius 2 is 2.28 bits per heavy atom. The van der Waals surface area contributed by atoms with Crippen molar-refractivity contribution in [3.63, 3.8) is 0 Å². The highest BCUT2D eigenvalue weighted by atomic mass is 16.5. The van der Waals surface area contributed by atoms with E-state index in [9.17, 15) is 9.90 Å². The van der Waals surface area contributed by atoms with Gasteiger partial charge in [-0.05, 0) is 19.3 Å². The summed E-state index contributed by atoms with van der Waals surface area (Å²) in [5, 5.41) is 18.3. The summed E-state index contributed by atoms with van der Waals surface area (Å²) in [5.41, 5.74) is 0. The van der Waals surface area contributed by atoms with Gasteiger partial charge in [-0.1, -0.05) is 24.3 Å². The lowest BCUT2D eigenvalue weighted by molar-refractivity contribution is -0.137. The Labute approximate surface area is 109 Å². The first kappa shape index (κ1) is 15.3. The smallest absolute Gasteiger partial charge is 0.303 e. The van der Waals surface area contributed by atoms with Crippen LogP contribution in [-0.4, -0.2) is 43.3 Å². The Morgan fingerprint density at radius 1 is 1.50 bits per heavy atom. The molecule has 0 aromatic heterocycles. The SMILES string of the molecule is COC[C@H]1[C@H](O)CB[C@@H]1C/C=C\CCCC(=O)O. The molecule has 0 aromatic carbocycles. The van der Waals surface area contributed by atoms with Crippen molar-refractivity contribution in [1.82, 2.24) is 0 Å². The summed E-state index contributed by atoms with van der Waals surface area (Å²) in [6.07, 6.45) is 7.51. The molecule has 1 saturated heterocycles. The van der Waals surface area contributed by atoms with Crippen molar-refractivity contribution in [2.75, 3.05) is 13.7 Å². The fraction of sp³-hybridized carbons (Fsp3) is 0.769. The van der Waals surface area contributed by atoms with Gasteiger partial charge in [0.15, 0.2) is 0 Å². The number of methoxy groups -OCH3 is 1. The van der Waals surface area contributed by atoms with Gasteiger partial charge in [-0.2, -0.15) is 0 Å². The standard InChI is InChI=1S/C13H23BO4/c1-18-9-10-11(14-8-12(10)15)6-4-2-3-5-7-13(16)17/h2,4,10-12,14-15H,3,5-9H2,1H3,(H,16,17)/b4-2-/t10-,11-,12-/m1/s1. The van der Waals surface area contributed by atoms with Crippen molar-refractivity contribution in [3.8, 4) is 0 Å². The highest BCUT2D eigenvalue weighted by Gasteiger charge is 2.34. The maximum absolute atomic E-state index is 10.3. The molecule has 18 heavy (non-hydrogen) atoms. The minimum atomic E-state index is -0.734. The van der Waals surface area contributed by atoms with Crippen LogP contribution in [0.3, 0.4) is 0 Å². The molecule has 0 amide bonds. The summed E-state index contributed by atoms with van der Waals surface area (Å²) < 4.78 is 5.15. The topological polar surface area (TPSA) is 66.8 Å². The summed E-state index contributed by atoms with van der Waals surface area (Å²) in [7, 11) is 2.72. The molecule has 0 unspecified atom stereocenters. The largest absolute Gasteiger partial charge is 0.481 e. The number of carbonyl (C=O) groups is 1. The number of rotatable bonds is 8. The fourth-order valence-electron chi connectivity index (χ4n) is 2.62. The van der Waals surface area contributed by atoms with Crippen LogP contribution in [0.15, 0.2) is 12.2 Å². The van der Waals surface area contributed by atoms with Gasteiger partial charge >= 0.3 is 5.97 Å². The number of aliphatic hydroxyl groups excluding tert-OH is 1. The summed E-state index contributed by atoms with van der Waals surface area (Å²) in [6, 6.07) is 0. The molecule has 1 fully saturated rings. The second kappa shape index (κ2) is 8.32. The molecule has 2 N–H and O–H groups in total. The van der Waals surface area contributed by atoms with Gasteiger partial charge < -0.3 is 14.9 Å². The molecule has 0 aromatic rings. The van der Waals surface area contributed by atoms with Crippen LogP contribution < -0.4 is 0 Å². The third-order valence-corrected chi connectivity index (χ3v) is 3.66. The predicted molar refractivity (Wildman–Crippen MR) is 72.3 cm³/mol. The van der Waals surface area contributed by atoms with E-state index in [4.69, 9.17) is 9.84 Å². The normalized spacial score (nSPS) is 27.6. The van der Waals surface area contributed by atoms with Crippen LogP contribution in [0.4, 0.5) is 0 Å². The van der Waals surface area contributed by atoms with Crippen molar-refractivity contribution in [3.05, 3.63) is 12.2 Å². The molecule has 0 radical (unpaired) electrons. The van der Waals surface area contributed by atoms with E-state index in [-0.39, 0.29) is 18.4 Å². The Kier molecular flexibility index (Phi) is 7.05. The monoisotopic (exact) mass is 254 g/mol. The maximum Gasteiger partial charge on any atom is 0.303 e. The summed E-state index contributed by atoms with van der Waals surface area (Å²) >= 11 is 0. The number of aliphatic hydroxyl groups is 1. The Bertz CT molecular complexity index is 280. The second-order valence-electron chi connectivity index (χ2n) is 5.02. The van der Waals surface area contributed by atoms with E-state index >= 15 is 0 Å². The van der Waals surface area contributed by atoms with Gasteiger partial charge in [-0.15, -0.1) is 0 Å². The summed E-state index contributed by atoms with van der Waals surface area (Å²) in [4.78, 5) is 10.3. The van der Waals surface area contributed by atoms with E-state index in [2.05, 4.69) is 12.2 Å². The Morgan fingerprint density at radius 3 is 2.94 bits per heavy atom. The molecule has 102 valence electrons. The van der Waals surface area contributed by atoms with Crippen LogP contribution in [0, 0.1) is 5.92 Å². The van der Waals surface area contributed by atoms with Gasteiger partial charge in [0.2, 0.25) is 0 Å². The molecule has 0 aliphatic carbocycles. The average molecular weight is 254 g/mol. The highest BCUT2D eigenvalue weighted by molar-refractivity contribution is 6.39. The first-order valence-electron chi connectivity index (χ1n) is 6.69.